The standard InChI is InChI=1S/C20H18N4O3/c25-19-16(13-17-22-18(23-27-17)14-7-3-1-4-8-14)24(12-11-21-19)20(26)15-9-5-2-6-10-15/h1-10,16H,11-13H2,(H,21,25). The Kier molecular flexibility index (Phi) is 4.65. The summed E-state index contributed by atoms with van der Waals surface area (Å²) >= 11 is 0. The summed E-state index contributed by atoms with van der Waals surface area (Å²) in [6.45, 7) is 0.858. The Morgan fingerprint density at radius 1 is 1.11 bits per heavy atom. The quantitative estimate of drug-likeness (QED) is 0.766. The van der Waals surface area contributed by atoms with E-state index in [0.29, 0.717) is 30.4 Å². The Hall–Kier alpha value is -3.48. The topological polar surface area (TPSA) is 88.3 Å². The number of amides is 2. The number of hydrogen-bond acceptors (Lipinski definition) is 5. The third-order valence-corrected chi connectivity index (χ3v) is 4.48. The van der Waals surface area contributed by atoms with Crippen molar-refractivity contribution in [1.82, 2.24) is 20.4 Å². The molecule has 1 N–H and O–H groups in total. The molecule has 1 aromatic heterocycles. The highest BCUT2D eigenvalue weighted by Gasteiger charge is 2.35. The number of carbonyl (C=O) groups is 2. The fourth-order valence-corrected chi connectivity index (χ4v) is 3.11. The molecule has 2 aromatic carbocycles. The van der Waals surface area contributed by atoms with E-state index in [1.165, 1.54) is 0 Å². The number of carbonyl (C=O) groups excluding carboxylic acids is 2. The fraction of sp³-hybridized carbons (Fsp3) is 0.200. The average Bonchev–Trinajstić information content (AvgIpc) is 3.19. The van der Waals surface area contributed by atoms with Gasteiger partial charge in [0.15, 0.2) is 0 Å². The van der Waals surface area contributed by atoms with Crippen molar-refractivity contribution in [3.05, 3.63) is 72.1 Å². The summed E-state index contributed by atoms with van der Waals surface area (Å²) in [7, 11) is 0. The van der Waals surface area contributed by atoms with Gasteiger partial charge in [0, 0.05) is 24.2 Å². The molecule has 0 bridgehead atoms. The van der Waals surface area contributed by atoms with Crippen molar-refractivity contribution in [2.45, 2.75) is 12.5 Å². The number of benzene rings is 2. The zero-order valence-corrected chi connectivity index (χ0v) is 14.5. The molecule has 0 radical (unpaired) electrons. The molecule has 1 aliphatic heterocycles. The molecular formula is C20H18N4O3. The normalized spacial score (nSPS) is 16.8. The van der Waals surface area contributed by atoms with E-state index in [-0.39, 0.29) is 18.2 Å². The molecule has 7 nitrogen and oxygen atoms in total. The highest BCUT2D eigenvalue weighted by atomic mass is 16.5. The van der Waals surface area contributed by atoms with Crippen LogP contribution in [0.2, 0.25) is 0 Å². The number of hydrogen-bond donors (Lipinski definition) is 1. The SMILES string of the molecule is O=C1NCCN(C(=O)c2ccccc2)C1Cc1nc(-c2ccccc2)no1. The molecule has 4 rings (SSSR count). The second-order valence-corrected chi connectivity index (χ2v) is 6.25. The maximum absolute atomic E-state index is 12.9. The zero-order chi connectivity index (χ0) is 18.6. The van der Waals surface area contributed by atoms with Crippen molar-refractivity contribution in [2.24, 2.45) is 0 Å². The van der Waals surface area contributed by atoms with E-state index in [1.807, 2.05) is 36.4 Å². The lowest BCUT2D eigenvalue weighted by atomic mass is 10.1. The molecule has 0 aliphatic carbocycles. The Bertz CT molecular complexity index is 940. The molecule has 0 spiro atoms. The summed E-state index contributed by atoms with van der Waals surface area (Å²) in [6, 6.07) is 17.7. The average molecular weight is 362 g/mol. The molecule has 1 atom stereocenters. The lowest BCUT2D eigenvalue weighted by Crippen LogP contribution is -2.58. The van der Waals surface area contributed by atoms with Gasteiger partial charge in [-0.15, -0.1) is 0 Å². The first-order valence-electron chi connectivity index (χ1n) is 8.74. The van der Waals surface area contributed by atoms with E-state index in [0.717, 1.165) is 5.56 Å². The first-order valence-corrected chi connectivity index (χ1v) is 8.74. The van der Waals surface area contributed by atoms with Gasteiger partial charge in [-0.05, 0) is 12.1 Å². The highest BCUT2D eigenvalue weighted by molar-refractivity contribution is 5.98. The van der Waals surface area contributed by atoms with E-state index in [1.54, 1.807) is 29.2 Å². The van der Waals surface area contributed by atoms with Crippen LogP contribution in [0, 0.1) is 0 Å². The summed E-state index contributed by atoms with van der Waals surface area (Å²) in [6.07, 6.45) is 0.171. The van der Waals surface area contributed by atoms with Crippen LogP contribution in [-0.4, -0.2) is 46.0 Å². The highest BCUT2D eigenvalue weighted by Crippen LogP contribution is 2.18. The maximum Gasteiger partial charge on any atom is 0.254 e. The summed E-state index contributed by atoms with van der Waals surface area (Å²) in [5, 5.41) is 6.79. The number of rotatable bonds is 4. The smallest absolute Gasteiger partial charge is 0.254 e. The van der Waals surface area contributed by atoms with Crippen molar-refractivity contribution in [2.75, 3.05) is 13.1 Å². The van der Waals surface area contributed by atoms with Crippen LogP contribution in [0.4, 0.5) is 0 Å². The van der Waals surface area contributed by atoms with Crippen LogP contribution < -0.4 is 5.32 Å². The lowest BCUT2D eigenvalue weighted by molar-refractivity contribution is -0.127. The van der Waals surface area contributed by atoms with Crippen LogP contribution in [0.25, 0.3) is 11.4 Å². The van der Waals surface area contributed by atoms with Gasteiger partial charge in [0.1, 0.15) is 6.04 Å². The molecule has 1 fully saturated rings. The number of nitrogens with one attached hydrogen (secondary N) is 1. The van der Waals surface area contributed by atoms with Crippen LogP contribution in [0.5, 0.6) is 0 Å². The molecule has 27 heavy (non-hydrogen) atoms. The van der Waals surface area contributed by atoms with Crippen molar-refractivity contribution < 1.29 is 14.1 Å². The van der Waals surface area contributed by atoms with Crippen LogP contribution in [0.3, 0.4) is 0 Å². The summed E-state index contributed by atoms with van der Waals surface area (Å²) in [4.78, 5) is 31.2. The summed E-state index contributed by atoms with van der Waals surface area (Å²) in [5.74, 6) is 0.382. The minimum atomic E-state index is -0.685. The van der Waals surface area contributed by atoms with E-state index in [4.69, 9.17) is 4.52 Å². The van der Waals surface area contributed by atoms with Crippen molar-refractivity contribution in [3.63, 3.8) is 0 Å². The Balaban J connectivity index is 1.56. The maximum atomic E-state index is 12.9. The molecule has 2 heterocycles. The molecule has 3 aromatic rings. The third-order valence-electron chi connectivity index (χ3n) is 4.48. The van der Waals surface area contributed by atoms with Gasteiger partial charge in [-0.2, -0.15) is 4.98 Å². The molecular weight excluding hydrogens is 344 g/mol. The molecule has 1 unspecified atom stereocenters. The molecule has 0 saturated carbocycles. The van der Waals surface area contributed by atoms with E-state index >= 15 is 0 Å². The van der Waals surface area contributed by atoms with Crippen LogP contribution in [0.15, 0.2) is 65.2 Å². The van der Waals surface area contributed by atoms with Crippen molar-refractivity contribution >= 4 is 11.8 Å². The van der Waals surface area contributed by atoms with Gasteiger partial charge >= 0.3 is 0 Å². The van der Waals surface area contributed by atoms with Crippen LogP contribution in [0.1, 0.15) is 16.2 Å². The van der Waals surface area contributed by atoms with E-state index in [2.05, 4.69) is 15.5 Å². The van der Waals surface area contributed by atoms with Gasteiger partial charge in [-0.1, -0.05) is 53.7 Å². The van der Waals surface area contributed by atoms with Crippen LogP contribution >= 0.6 is 0 Å². The summed E-state index contributed by atoms with van der Waals surface area (Å²) < 4.78 is 5.32. The number of aromatic nitrogens is 2. The molecule has 1 aliphatic rings. The van der Waals surface area contributed by atoms with Crippen molar-refractivity contribution in [3.8, 4) is 11.4 Å². The predicted molar refractivity (Wildman–Crippen MR) is 97.7 cm³/mol. The largest absolute Gasteiger partial charge is 0.353 e. The molecule has 7 heteroatoms. The minimum absolute atomic E-state index is 0.171. The van der Waals surface area contributed by atoms with Gasteiger partial charge in [0.05, 0.1) is 6.42 Å². The Morgan fingerprint density at radius 3 is 2.56 bits per heavy atom. The lowest BCUT2D eigenvalue weighted by Gasteiger charge is -2.34. The second-order valence-electron chi connectivity index (χ2n) is 6.25. The van der Waals surface area contributed by atoms with Gasteiger partial charge in [0.25, 0.3) is 5.91 Å². The number of nitrogens with zero attached hydrogens (tertiary/aromatic N) is 3. The second kappa shape index (κ2) is 7.41. The predicted octanol–water partition coefficient (Wildman–Crippen LogP) is 1.92. The van der Waals surface area contributed by atoms with E-state index in [9.17, 15) is 9.59 Å². The zero-order valence-electron chi connectivity index (χ0n) is 14.5. The van der Waals surface area contributed by atoms with Gasteiger partial charge in [-0.25, -0.2) is 0 Å². The fourth-order valence-electron chi connectivity index (χ4n) is 3.11. The van der Waals surface area contributed by atoms with Gasteiger partial charge < -0.3 is 14.7 Å². The Labute approximate surface area is 156 Å². The molecule has 1 saturated heterocycles. The van der Waals surface area contributed by atoms with Crippen LogP contribution in [-0.2, 0) is 11.2 Å². The van der Waals surface area contributed by atoms with Gasteiger partial charge in [-0.3, -0.25) is 9.59 Å². The summed E-state index contributed by atoms with van der Waals surface area (Å²) in [5.41, 5.74) is 1.38. The first-order chi connectivity index (χ1) is 13.2. The minimum Gasteiger partial charge on any atom is -0.353 e. The number of piperazine rings is 1. The Morgan fingerprint density at radius 2 is 1.81 bits per heavy atom. The first kappa shape index (κ1) is 17.0. The molecule has 2 amide bonds. The van der Waals surface area contributed by atoms with E-state index < -0.39 is 6.04 Å². The monoisotopic (exact) mass is 362 g/mol. The molecule has 136 valence electrons. The third kappa shape index (κ3) is 3.57. The van der Waals surface area contributed by atoms with Gasteiger partial charge in [0.2, 0.25) is 17.6 Å². The van der Waals surface area contributed by atoms with Crippen molar-refractivity contribution in [1.29, 1.82) is 0 Å².